The van der Waals surface area contributed by atoms with E-state index in [1.54, 1.807) is 11.0 Å². The highest BCUT2D eigenvalue weighted by Gasteiger charge is 2.43. The molecular formula is C20H18N4O3. The minimum Gasteiger partial charge on any atom is -0.460 e. The Morgan fingerprint density at radius 1 is 1.19 bits per heavy atom. The fraction of sp³-hybridized carbons (Fsp3) is 0.250. The molecule has 2 aliphatic heterocycles. The van der Waals surface area contributed by atoms with Crippen LogP contribution in [0.15, 0.2) is 45.9 Å². The van der Waals surface area contributed by atoms with Crippen LogP contribution in [0.1, 0.15) is 22.8 Å². The summed E-state index contributed by atoms with van der Waals surface area (Å²) in [6.07, 6.45) is 1.98. The Kier molecular flexibility index (Phi) is 3.43. The number of hydrazone groups is 1. The summed E-state index contributed by atoms with van der Waals surface area (Å²) < 4.78 is 5.44. The van der Waals surface area contributed by atoms with Crippen molar-refractivity contribution in [3.05, 3.63) is 59.2 Å². The van der Waals surface area contributed by atoms with E-state index in [0.717, 1.165) is 27.9 Å². The highest BCUT2D eigenvalue weighted by molar-refractivity contribution is 5.97. The number of aromatic nitrogens is 1. The molecule has 0 bridgehead atoms. The zero-order chi connectivity index (χ0) is 18.5. The van der Waals surface area contributed by atoms with E-state index in [1.165, 1.54) is 11.2 Å². The average Bonchev–Trinajstić information content (AvgIpc) is 3.25. The first-order chi connectivity index (χ1) is 13.1. The molecular weight excluding hydrogens is 344 g/mol. The fourth-order valence-electron chi connectivity index (χ4n) is 3.91. The van der Waals surface area contributed by atoms with Gasteiger partial charge in [0.05, 0.1) is 12.8 Å². The molecule has 2 amide bonds. The largest absolute Gasteiger partial charge is 0.460 e. The van der Waals surface area contributed by atoms with Gasteiger partial charge in [-0.05, 0) is 30.7 Å². The number of furan rings is 1. The van der Waals surface area contributed by atoms with Crippen LogP contribution in [0.25, 0.3) is 10.9 Å². The number of piperazine rings is 1. The smallest absolute Gasteiger partial charge is 0.266 e. The van der Waals surface area contributed by atoms with Crippen molar-refractivity contribution in [2.24, 2.45) is 5.10 Å². The maximum atomic E-state index is 13.0. The zero-order valence-corrected chi connectivity index (χ0v) is 14.8. The highest BCUT2D eigenvalue weighted by atomic mass is 16.3. The number of hydrogen-bond acceptors (Lipinski definition) is 4. The normalized spacial score (nSPS) is 19.8. The number of rotatable bonds is 2. The number of hydrogen-bond donors (Lipinski definition) is 1. The molecule has 136 valence electrons. The number of fused-ring (bicyclic) bond motifs is 4. The second kappa shape index (κ2) is 5.84. The van der Waals surface area contributed by atoms with Crippen molar-refractivity contribution in [2.45, 2.75) is 25.9 Å². The van der Waals surface area contributed by atoms with Gasteiger partial charge in [0.1, 0.15) is 24.1 Å². The lowest BCUT2D eigenvalue weighted by atomic mass is 9.94. The van der Waals surface area contributed by atoms with Gasteiger partial charge in [-0.1, -0.05) is 18.2 Å². The third-order valence-corrected chi connectivity index (χ3v) is 5.23. The maximum absolute atomic E-state index is 13.0. The van der Waals surface area contributed by atoms with Crippen molar-refractivity contribution in [2.75, 3.05) is 6.54 Å². The van der Waals surface area contributed by atoms with Gasteiger partial charge in [0.2, 0.25) is 5.91 Å². The highest BCUT2D eigenvalue weighted by Crippen LogP contribution is 2.32. The van der Waals surface area contributed by atoms with Gasteiger partial charge >= 0.3 is 0 Å². The zero-order valence-electron chi connectivity index (χ0n) is 14.8. The number of aryl methyl sites for hydroxylation is 1. The van der Waals surface area contributed by atoms with Crippen LogP contribution in [0.4, 0.5) is 0 Å². The minimum absolute atomic E-state index is 0.0545. The molecule has 5 rings (SSSR count). The number of carbonyl (C=O) groups is 2. The molecule has 0 aliphatic carbocycles. The van der Waals surface area contributed by atoms with Gasteiger partial charge in [-0.25, -0.2) is 5.01 Å². The fourth-order valence-corrected chi connectivity index (χ4v) is 3.91. The van der Waals surface area contributed by atoms with Crippen molar-refractivity contribution in [3.63, 3.8) is 0 Å². The van der Waals surface area contributed by atoms with E-state index < -0.39 is 6.04 Å². The summed E-state index contributed by atoms with van der Waals surface area (Å²) >= 11 is 0. The van der Waals surface area contributed by atoms with E-state index in [4.69, 9.17) is 4.42 Å². The number of para-hydroxylation sites is 1. The first-order valence-electron chi connectivity index (χ1n) is 8.90. The van der Waals surface area contributed by atoms with Gasteiger partial charge in [0.15, 0.2) is 0 Å². The summed E-state index contributed by atoms with van der Waals surface area (Å²) in [6, 6.07) is 11.1. The molecule has 4 heterocycles. The monoisotopic (exact) mass is 362 g/mol. The van der Waals surface area contributed by atoms with Crippen LogP contribution in [-0.4, -0.2) is 45.5 Å². The lowest BCUT2D eigenvalue weighted by Crippen LogP contribution is -2.60. The molecule has 0 spiro atoms. The summed E-state index contributed by atoms with van der Waals surface area (Å²) in [6.45, 7) is 2.21. The molecule has 1 aromatic carbocycles. The van der Waals surface area contributed by atoms with E-state index in [0.29, 0.717) is 18.7 Å². The molecule has 3 aromatic rings. The van der Waals surface area contributed by atoms with Crippen LogP contribution in [0.3, 0.4) is 0 Å². The van der Waals surface area contributed by atoms with Crippen molar-refractivity contribution < 1.29 is 14.0 Å². The standard InChI is InChI=1S/C20H18N4O3/c1-12-6-7-13(27-12)9-21-24-11-19(25)23-10-17-15(8-18(23)20(24)26)14-4-2-3-5-16(14)22-17/h2-7,9,18,22H,8,10-11H2,1H3/b21-9+/t18-/m1/s1. The topological polar surface area (TPSA) is 81.9 Å². The van der Waals surface area contributed by atoms with Gasteiger partial charge in [0, 0.05) is 23.0 Å². The van der Waals surface area contributed by atoms with Gasteiger partial charge in [-0.3, -0.25) is 9.59 Å². The summed E-state index contributed by atoms with van der Waals surface area (Å²) in [7, 11) is 0. The lowest BCUT2D eigenvalue weighted by molar-refractivity contribution is -0.157. The Bertz CT molecular complexity index is 1090. The Labute approximate surface area is 155 Å². The van der Waals surface area contributed by atoms with Crippen LogP contribution in [0.5, 0.6) is 0 Å². The number of aromatic amines is 1. The number of benzene rings is 1. The first-order valence-corrected chi connectivity index (χ1v) is 8.90. The molecule has 7 heteroatoms. The Morgan fingerprint density at radius 2 is 2.04 bits per heavy atom. The molecule has 7 nitrogen and oxygen atoms in total. The quantitative estimate of drug-likeness (QED) is 0.710. The van der Waals surface area contributed by atoms with Crippen molar-refractivity contribution in [1.29, 1.82) is 0 Å². The third-order valence-electron chi connectivity index (χ3n) is 5.23. The molecule has 1 saturated heterocycles. The second-order valence-electron chi connectivity index (χ2n) is 6.96. The second-order valence-corrected chi connectivity index (χ2v) is 6.96. The SMILES string of the molecule is Cc1ccc(/C=N/N2CC(=O)N3Cc4[nH]c5ccccc5c4C[C@@H]3C2=O)o1. The Hall–Kier alpha value is -3.35. The van der Waals surface area contributed by atoms with Crippen LogP contribution in [0, 0.1) is 6.92 Å². The first kappa shape index (κ1) is 15.9. The average molecular weight is 362 g/mol. The summed E-state index contributed by atoms with van der Waals surface area (Å²) in [4.78, 5) is 30.7. The molecule has 2 aliphatic rings. The number of amides is 2. The Morgan fingerprint density at radius 3 is 2.85 bits per heavy atom. The van der Waals surface area contributed by atoms with Crippen molar-refractivity contribution in [3.8, 4) is 0 Å². The van der Waals surface area contributed by atoms with Crippen molar-refractivity contribution in [1.82, 2.24) is 14.9 Å². The van der Waals surface area contributed by atoms with Gasteiger partial charge < -0.3 is 14.3 Å². The van der Waals surface area contributed by atoms with Crippen LogP contribution >= 0.6 is 0 Å². The molecule has 1 N–H and O–H groups in total. The van der Waals surface area contributed by atoms with Crippen LogP contribution < -0.4 is 0 Å². The minimum atomic E-state index is -0.520. The van der Waals surface area contributed by atoms with Crippen LogP contribution in [0.2, 0.25) is 0 Å². The molecule has 0 saturated carbocycles. The number of nitrogens with zero attached hydrogens (tertiary/aromatic N) is 3. The van der Waals surface area contributed by atoms with Gasteiger partial charge in [0.25, 0.3) is 5.91 Å². The lowest BCUT2D eigenvalue weighted by Gasteiger charge is -2.40. The van der Waals surface area contributed by atoms with Crippen molar-refractivity contribution >= 4 is 28.9 Å². The predicted octanol–water partition coefficient (Wildman–Crippen LogP) is 2.20. The van der Waals surface area contributed by atoms with Crippen LogP contribution in [-0.2, 0) is 22.6 Å². The molecule has 27 heavy (non-hydrogen) atoms. The van der Waals surface area contributed by atoms with Gasteiger partial charge in [-0.2, -0.15) is 5.10 Å². The predicted molar refractivity (Wildman–Crippen MR) is 99.1 cm³/mol. The van der Waals surface area contributed by atoms with E-state index in [-0.39, 0.29) is 18.4 Å². The molecule has 1 atom stereocenters. The summed E-state index contributed by atoms with van der Waals surface area (Å²) in [5, 5.41) is 6.57. The van der Waals surface area contributed by atoms with E-state index >= 15 is 0 Å². The molecule has 0 unspecified atom stereocenters. The molecule has 1 fully saturated rings. The number of H-pyrrole nitrogens is 1. The van der Waals surface area contributed by atoms with E-state index in [9.17, 15) is 9.59 Å². The summed E-state index contributed by atoms with van der Waals surface area (Å²) in [5.74, 6) is 1.06. The number of nitrogens with one attached hydrogen (secondary N) is 1. The molecule has 0 radical (unpaired) electrons. The summed E-state index contributed by atoms with van der Waals surface area (Å²) in [5.41, 5.74) is 3.16. The number of carbonyl (C=O) groups excluding carboxylic acids is 2. The Balaban J connectivity index is 1.45. The van der Waals surface area contributed by atoms with Gasteiger partial charge in [-0.15, -0.1) is 0 Å². The maximum Gasteiger partial charge on any atom is 0.266 e. The van der Waals surface area contributed by atoms with E-state index in [1.807, 2.05) is 37.3 Å². The van der Waals surface area contributed by atoms with E-state index in [2.05, 4.69) is 10.1 Å². The molecule has 2 aromatic heterocycles. The third kappa shape index (κ3) is 2.54.